The lowest BCUT2D eigenvalue weighted by molar-refractivity contribution is -0.158. The Morgan fingerprint density at radius 3 is 1.88 bits per heavy atom. The number of imide groups is 1. The van der Waals surface area contributed by atoms with E-state index < -0.39 is 54.0 Å². The summed E-state index contributed by atoms with van der Waals surface area (Å²) in [5, 5.41) is 0. The number of ether oxygens (including phenoxy) is 2. The second kappa shape index (κ2) is 13.1. The van der Waals surface area contributed by atoms with Crippen LogP contribution >= 0.6 is 31.9 Å². The van der Waals surface area contributed by atoms with Crippen LogP contribution in [0.2, 0.25) is 0 Å². The van der Waals surface area contributed by atoms with Gasteiger partial charge in [0.1, 0.15) is 11.8 Å². The molecule has 3 aromatic rings. The number of esters is 2. The topological polar surface area (TPSA) is 107 Å². The molecule has 1 saturated heterocycles. The van der Waals surface area contributed by atoms with E-state index in [1.54, 1.807) is 54.6 Å². The molecule has 0 spiro atoms. The number of nitrogens with zero attached hydrogens (tertiary/aromatic N) is 1. The van der Waals surface area contributed by atoms with E-state index in [1.807, 2.05) is 6.07 Å². The van der Waals surface area contributed by atoms with Crippen molar-refractivity contribution in [3.8, 4) is 5.75 Å². The molecule has 42 heavy (non-hydrogen) atoms. The van der Waals surface area contributed by atoms with E-state index in [4.69, 9.17) is 9.47 Å². The van der Waals surface area contributed by atoms with Gasteiger partial charge in [0.25, 0.3) is 0 Å². The molecule has 0 N–H and O–H groups in total. The summed E-state index contributed by atoms with van der Waals surface area (Å²) in [6.07, 6.45) is 1.02. The zero-order chi connectivity index (χ0) is 29.8. The lowest BCUT2D eigenvalue weighted by Gasteiger charge is -2.29. The Morgan fingerprint density at radius 2 is 1.31 bits per heavy atom. The molecule has 216 valence electrons. The van der Waals surface area contributed by atoms with Crippen molar-refractivity contribution in [2.45, 2.75) is 35.0 Å². The first-order valence-electron chi connectivity index (χ1n) is 13.5. The van der Waals surface area contributed by atoms with E-state index >= 15 is 0 Å². The fourth-order valence-corrected chi connectivity index (χ4v) is 6.55. The molecule has 10 heteroatoms. The molecule has 1 heterocycles. The molecule has 8 nitrogen and oxygen atoms in total. The average Bonchev–Trinajstić information content (AvgIpc) is 3.24. The number of carbonyl (C=O) groups is 5. The maximum absolute atomic E-state index is 13.5. The average molecular weight is 697 g/mol. The Balaban J connectivity index is 1.26. The van der Waals surface area contributed by atoms with Crippen LogP contribution in [0.5, 0.6) is 5.75 Å². The van der Waals surface area contributed by atoms with Gasteiger partial charge in [0.05, 0.1) is 17.4 Å². The van der Waals surface area contributed by atoms with E-state index in [0.717, 1.165) is 10.5 Å². The molecular formula is C32H27Br2NO7. The summed E-state index contributed by atoms with van der Waals surface area (Å²) in [6.45, 7) is -0.580. The zero-order valence-electron chi connectivity index (χ0n) is 22.4. The molecule has 5 rings (SSSR count). The van der Waals surface area contributed by atoms with Crippen molar-refractivity contribution in [3.63, 3.8) is 0 Å². The standard InChI is InChI=1S/C32H27Br2NO7/c33-25-16-23-24(17-26(25)34)30(38)35(29(23)37)27(15-19-7-3-1-4-8-19)32(40)41-18-28(36)20-11-13-22(14-12-20)42-31(39)21-9-5-2-6-10-21/h1-14,23-27H,15-18H2. The summed E-state index contributed by atoms with van der Waals surface area (Å²) in [7, 11) is 0. The second-order valence-corrected chi connectivity index (χ2v) is 12.6. The van der Waals surface area contributed by atoms with Crippen molar-refractivity contribution < 1.29 is 33.4 Å². The van der Waals surface area contributed by atoms with Gasteiger partial charge in [-0.3, -0.25) is 19.3 Å². The molecule has 2 aliphatic rings. The van der Waals surface area contributed by atoms with Gasteiger partial charge in [-0.1, -0.05) is 80.4 Å². The van der Waals surface area contributed by atoms with E-state index in [9.17, 15) is 24.0 Å². The maximum atomic E-state index is 13.5. The van der Waals surface area contributed by atoms with Crippen LogP contribution in [0.15, 0.2) is 84.9 Å². The molecule has 2 amide bonds. The van der Waals surface area contributed by atoms with Gasteiger partial charge in [-0.2, -0.15) is 0 Å². The molecule has 1 aliphatic carbocycles. The third-order valence-electron chi connectivity index (χ3n) is 7.54. The number of ketones is 1. The number of halogens is 2. The van der Waals surface area contributed by atoms with Gasteiger partial charge < -0.3 is 9.47 Å². The molecule has 5 unspecified atom stereocenters. The zero-order valence-corrected chi connectivity index (χ0v) is 25.5. The first kappa shape index (κ1) is 29.8. The fourth-order valence-electron chi connectivity index (χ4n) is 5.31. The number of hydrogen-bond acceptors (Lipinski definition) is 7. The third-order valence-corrected chi connectivity index (χ3v) is 10.3. The Labute approximate surface area is 259 Å². The number of alkyl halides is 2. The van der Waals surface area contributed by atoms with Crippen LogP contribution in [-0.2, 0) is 25.5 Å². The molecule has 0 aromatic heterocycles. The van der Waals surface area contributed by atoms with Crippen molar-refractivity contribution in [2.24, 2.45) is 11.8 Å². The van der Waals surface area contributed by atoms with Gasteiger partial charge in [0.15, 0.2) is 12.4 Å². The maximum Gasteiger partial charge on any atom is 0.343 e. The van der Waals surface area contributed by atoms with Crippen molar-refractivity contribution in [1.82, 2.24) is 4.90 Å². The normalized spacial score (nSPS) is 22.3. The van der Waals surface area contributed by atoms with Gasteiger partial charge in [0.2, 0.25) is 11.8 Å². The Kier molecular flexibility index (Phi) is 9.33. The predicted octanol–water partition coefficient (Wildman–Crippen LogP) is 5.17. The largest absolute Gasteiger partial charge is 0.456 e. The highest BCUT2D eigenvalue weighted by atomic mass is 79.9. The van der Waals surface area contributed by atoms with Crippen LogP contribution in [-0.4, -0.2) is 56.7 Å². The number of amides is 2. The van der Waals surface area contributed by atoms with Crippen LogP contribution in [0, 0.1) is 11.8 Å². The van der Waals surface area contributed by atoms with Gasteiger partial charge >= 0.3 is 11.9 Å². The van der Waals surface area contributed by atoms with Gasteiger partial charge in [-0.15, -0.1) is 0 Å². The Hall–Kier alpha value is -3.63. The highest BCUT2D eigenvalue weighted by molar-refractivity contribution is 9.12. The highest BCUT2D eigenvalue weighted by Crippen LogP contribution is 2.44. The lowest BCUT2D eigenvalue weighted by atomic mass is 9.81. The van der Waals surface area contributed by atoms with Gasteiger partial charge in [-0.25, -0.2) is 9.59 Å². The number of carbonyl (C=O) groups excluding carboxylic acids is 5. The van der Waals surface area contributed by atoms with Gasteiger partial charge in [0, 0.05) is 21.6 Å². The molecule has 0 radical (unpaired) electrons. The Bertz CT molecular complexity index is 1450. The van der Waals surface area contributed by atoms with E-state index in [2.05, 4.69) is 31.9 Å². The van der Waals surface area contributed by atoms with Crippen LogP contribution in [0.1, 0.15) is 39.1 Å². The van der Waals surface area contributed by atoms with E-state index in [-0.39, 0.29) is 27.4 Å². The smallest absolute Gasteiger partial charge is 0.343 e. The summed E-state index contributed by atoms with van der Waals surface area (Å²) in [5.74, 6) is -3.40. The summed E-state index contributed by atoms with van der Waals surface area (Å²) in [5.41, 5.74) is 1.38. The predicted molar refractivity (Wildman–Crippen MR) is 161 cm³/mol. The van der Waals surface area contributed by atoms with E-state index in [1.165, 1.54) is 24.3 Å². The monoisotopic (exact) mass is 695 g/mol. The van der Waals surface area contributed by atoms with Crippen molar-refractivity contribution in [2.75, 3.05) is 6.61 Å². The number of benzene rings is 3. The number of rotatable bonds is 9. The molecule has 5 atom stereocenters. The SMILES string of the molecule is O=C(COC(=O)C(Cc1ccccc1)N1C(=O)C2CC(Br)C(Br)CC2C1=O)c1ccc(OC(=O)c2ccccc2)cc1. The van der Waals surface area contributed by atoms with Gasteiger partial charge in [-0.05, 0) is 54.8 Å². The summed E-state index contributed by atoms with van der Waals surface area (Å²) < 4.78 is 10.8. The molecule has 0 bridgehead atoms. The molecule has 3 aromatic carbocycles. The Morgan fingerprint density at radius 1 is 0.762 bits per heavy atom. The fraction of sp³-hybridized carbons (Fsp3) is 0.281. The summed E-state index contributed by atoms with van der Waals surface area (Å²) in [4.78, 5) is 66.6. The molecular weight excluding hydrogens is 670 g/mol. The number of likely N-dealkylation sites (tertiary alicyclic amines) is 1. The minimum atomic E-state index is -1.20. The lowest BCUT2D eigenvalue weighted by Crippen LogP contribution is -2.48. The quantitative estimate of drug-likeness (QED) is 0.100. The van der Waals surface area contributed by atoms with Crippen LogP contribution in [0.25, 0.3) is 0 Å². The third kappa shape index (κ3) is 6.55. The van der Waals surface area contributed by atoms with Crippen molar-refractivity contribution >= 4 is 61.4 Å². The van der Waals surface area contributed by atoms with Crippen LogP contribution in [0.3, 0.4) is 0 Å². The number of fused-ring (bicyclic) bond motifs is 1. The first-order chi connectivity index (χ1) is 20.2. The summed E-state index contributed by atoms with van der Waals surface area (Å²) >= 11 is 7.17. The first-order valence-corrected chi connectivity index (χ1v) is 15.3. The molecule has 1 saturated carbocycles. The van der Waals surface area contributed by atoms with Crippen LogP contribution in [0.4, 0.5) is 0 Å². The van der Waals surface area contributed by atoms with E-state index in [0.29, 0.717) is 18.4 Å². The highest BCUT2D eigenvalue weighted by Gasteiger charge is 2.55. The molecule has 2 fully saturated rings. The minimum absolute atomic E-state index is 0.0286. The minimum Gasteiger partial charge on any atom is -0.456 e. The number of hydrogen-bond donors (Lipinski definition) is 0. The molecule has 1 aliphatic heterocycles. The van der Waals surface area contributed by atoms with Crippen LogP contribution < -0.4 is 4.74 Å². The number of Topliss-reactive ketones (excluding diaryl/α,β-unsaturated/α-hetero) is 1. The van der Waals surface area contributed by atoms with Crippen molar-refractivity contribution in [3.05, 3.63) is 102 Å². The summed E-state index contributed by atoms with van der Waals surface area (Å²) in [6, 6.07) is 22.3. The van der Waals surface area contributed by atoms with Crippen molar-refractivity contribution in [1.29, 1.82) is 0 Å². The second-order valence-electron chi connectivity index (χ2n) is 10.3.